The van der Waals surface area contributed by atoms with Crippen LogP contribution in [0.2, 0.25) is 18.5 Å². The third kappa shape index (κ3) is 5.04. The third-order valence-electron chi connectivity index (χ3n) is 3.53. The topological polar surface area (TPSA) is 12.0 Å². The average Bonchev–Trinajstić information content (AvgIpc) is 2.13. The van der Waals surface area contributed by atoms with Gasteiger partial charge in [0.15, 0.2) is 0 Å². The zero-order valence-corrected chi connectivity index (χ0v) is 10.9. The van der Waals surface area contributed by atoms with E-state index in [-0.39, 0.29) is 0 Å². The van der Waals surface area contributed by atoms with Crippen molar-refractivity contribution in [1.82, 2.24) is 5.32 Å². The van der Waals surface area contributed by atoms with Crippen LogP contribution in [-0.2, 0) is 0 Å². The van der Waals surface area contributed by atoms with Crippen molar-refractivity contribution in [2.75, 3.05) is 6.54 Å². The highest BCUT2D eigenvalue weighted by Gasteiger charge is 2.23. The van der Waals surface area contributed by atoms with Crippen LogP contribution in [0.25, 0.3) is 0 Å². The molecule has 0 aliphatic heterocycles. The lowest BCUT2D eigenvalue weighted by Gasteiger charge is -2.26. The van der Waals surface area contributed by atoms with Gasteiger partial charge in [0.05, 0.1) is 0 Å². The molecule has 0 aromatic rings. The van der Waals surface area contributed by atoms with Crippen LogP contribution in [0, 0.1) is 0 Å². The van der Waals surface area contributed by atoms with E-state index in [0.29, 0.717) is 6.04 Å². The molecule has 0 saturated heterocycles. The summed E-state index contributed by atoms with van der Waals surface area (Å²) < 4.78 is 0. The maximum atomic E-state index is 3.50. The van der Waals surface area contributed by atoms with Crippen LogP contribution in [-0.4, -0.2) is 19.3 Å². The van der Waals surface area contributed by atoms with E-state index in [4.69, 9.17) is 0 Å². The second kappa shape index (κ2) is 7.33. The van der Waals surface area contributed by atoms with E-state index in [1.54, 1.807) is 0 Å². The molecule has 2 unspecified atom stereocenters. The Morgan fingerprint density at radius 1 is 1.14 bits per heavy atom. The molecule has 2 heteroatoms. The van der Waals surface area contributed by atoms with Crippen molar-refractivity contribution in [2.24, 2.45) is 0 Å². The van der Waals surface area contributed by atoms with Crippen molar-refractivity contribution in [3.63, 3.8) is 0 Å². The van der Waals surface area contributed by atoms with Crippen molar-refractivity contribution in [2.45, 2.75) is 72.0 Å². The summed E-state index contributed by atoms with van der Waals surface area (Å²) in [5, 5.41) is 3.50. The van der Waals surface area contributed by atoms with Crippen molar-refractivity contribution < 1.29 is 0 Å². The Hall–Kier alpha value is 0.0249. The fourth-order valence-corrected chi connectivity index (χ4v) is 2.18. The lowest BCUT2D eigenvalue weighted by atomic mass is 9.35. The van der Waals surface area contributed by atoms with Crippen molar-refractivity contribution in [1.29, 1.82) is 0 Å². The minimum atomic E-state index is 0.672. The fourth-order valence-electron chi connectivity index (χ4n) is 2.18. The normalized spacial score (nSPS) is 15.6. The lowest BCUT2D eigenvalue weighted by molar-refractivity contribution is 0.502. The summed E-state index contributed by atoms with van der Waals surface area (Å²) in [7, 11) is 0. The molecular formula is C12H28BN. The smallest absolute Gasteiger partial charge is 0.142 e. The molecule has 14 heavy (non-hydrogen) atoms. The molecule has 0 aliphatic rings. The minimum absolute atomic E-state index is 0.672. The van der Waals surface area contributed by atoms with Gasteiger partial charge >= 0.3 is 0 Å². The SMILES string of the molecule is CCNC(C)CC(CC)B(C)C(C)C. The summed E-state index contributed by atoms with van der Waals surface area (Å²) in [6.45, 7) is 15.8. The number of rotatable bonds is 7. The predicted molar refractivity (Wildman–Crippen MR) is 68.5 cm³/mol. The third-order valence-corrected chi connectivity index (χ3v) is 3.53. The molecule has 0 aliphatic carbocycles. The average molecular weight is 197 g/mol. The second-order valence-electron chi connectivity index (χ2n) is 4.97. The van der Waals surface area contributed by atoms with Gasteiger partial charge in [0.2, 0.25) is 0 Å². The van der Waals surface area contributed by atoms with Crippen molar-refractivity contribution in [3.05, 3.63) is 0 Å². The summed E-state index contributed by atoms with van der Waals surface area (Å²) in [5.74, 6) is 1.69. The highest BCUT2D eigenvalue weighted by Crippen LogP contribution is 2.28. The van der Waals surface area contributed by atoms with Gasteiger partial charge in [-0.15, -0.1) is 0 Å². The Labute approximate surface area is 91.1 Å². The summed E-state index contributed by atoms with van der Waals surface area (Å²) in [6.07, 6.45) is 2.64. The van der Waals surface area contributed by atoms with Crippen LogP contribution in [0.5, 0.6) is 0 Å². The van der Waals surface area contributed by atoms with E-state index in [1.165, 1.54) is 12.8 Å². The van der Waals surface area contributed by atoms with Crippen molar-refractivity contribution in [3.8, 4) is 0 Å². The largest absolute Gasteiger partial charge is 0.315 e. The first kappa shape index (κ1) is 14.0. The van der Waals surface area contributed by atoms with Gasteiger partial charge in [-0.05, 0) is 19.9 Å². The first-order valence-electron chi connectivity index (χ1n) is 6.26. The van der Waals surface area contributed by atoms with Crippen LogP contribution >= 0.6 is 0 Å². The summed E-state index contributed by atoms with van der Waals surface area (Å²) >= 11 is 0. The van der Waals surface area contributed by atoms with Gasteiger partial charge < -0.3 is 5.32 Å². The van der Waals surface area contributed by atoms with E-state index >= 15 is 0 Å². The number of nitrogens with one attached hydrogen (secondary N) is 1. The molecule has 0 aromatic carbocycles. The molecule has 0 heterocycles. The number of hydrogen-bond acceptors (Lipinski definition) is 1. The highest BCUT2D eigenvalue weighted by molar-refractivity contribution is 6.60. The highest BCUT2D eigenvalue weighted by atomic mass is 14.9. The monoisotopic (exact) mass is 197 g/mol. The molecule has 2 atom stereocenters. The molecule has 0 fully saturated rings. The Bertz CT molecular complexity index is 136. The molecule has 1 N–H and O–H groups in total. The molecule has 0 aromatic heterocycles. The fraction of sp³-hybridized carbons (Fsp3) is 1.00. The molecule has 0 spiro atoms. The summed E-state index contributed by atoms with van der Waals surface area (Å²) in [5.41, 5.74) is 0. The predicted octanol–water partition coefficient (Wildman–Crippen LogP) is 3.69. The Morgan fingerprint density at radius 2 is 1.71 bits per heavy atom. The van der Waals surface area contributed by atoms with E-state index in [9.17, 15) is 0 Å². The summed E-state index contributed by atoms with van der Waals surface area (Å²) in [4.78, 5) is 0. The molecule has 0 bridgehead atoms. The molecule has 1 nitrogen and oxygen atoms in total. The lowest BCUT2D eigenvalue weighted by Crippen LogP contribution is -2.31. The Balaban J connectivity index is 4.01. The molecule has 0 rings (SSSR count). The molecule has 0 saturated carbocycles. The minimum Gasteiger partial charge on any atom is -0.315 e. The van der Waals surface area contributed by atoms with E-state index < -0.39 is 0 Å². The molecule has 0 amide bonds. The van der Waals surface area contributed by atoms with Gasteiger partial charge in [-0.25, -0.2) is 0 Å². The molecule has 0 radical (unpaired) electrons. The van der Waals surface area contributed by atoms with Gasteiger partial charge in [0.1, 0.15) is 6.71 Å². The quantitative estimate of drug-likeness (QED) is 0.614. The van der Waals surface area contributed by atoms with E-state index in [0.717, 1.165) is 24.9 Å². The van der Waals surface area contributed by atoms with Crippen LogP contribution in [0.15, 0.2) is 0 Å². The van der Waals surface area contributed by atoms with Gasteiger partial charge in [-0.2, -0.15) is 0 Å². The van der Waals surface area contributed by atoms with Crippen LogP contribution < -0.4 is 5.32 Å². The van der Waals surface area contributed by atoms with Crippen LogP contribution in [0.3, 0.4) is 0 Å². The zero-order valence-electron chi connectivity index (χ0n) is 10.9. The Kier molecular flexibility index (Phi) is 7.35. The number of hydrogen-bond donors (Lipinski definition) is 1. The summed E-state index contributed by atoms with van der Waals surface area (Å²) in [6, 6.07) is 0.672. The molecule has 84 valence electrons. The van der Waals surface area contributed by atoms with Crippen LogP contribution in [0.4, 0.5) is 0 Å². The van der Waals surface area contributed by atoms with Gasteiger partial charge in [-0.1, -0.05) is 52.6 Å². The van der Waals surface area contributed by atoms with Gasteiger partial charge in [-0.3, -0.25) is 0 Å². The zero-order chi connectivity index (χ0) is 11.1. The van der Waals surface area contributed by atoms with E-state index in [1.807, 2.05) is 0 Å². The molecular weight excluding hydrogens is 169 g/mol. The first-order chi connectivity index (χ1) is 6.52. The first-order valence-corrected chi connectivity index (χ1v) is 6.26. The van der Waals surface area contributed by atoms with Gasteiger partial charge in [0, 0.05) is 6.04 Å². The standard InChI is InChI=1S/C12H28BN/c1-7-12(13(6)10(3)4)9-11(5)14-8-2/h10-12,14H,7-9H2,1-6H3. The van der Waals surface area contributed by atoms with Gasteiger partial charge in [0.25, 0.3) is 0 Å². The van der Waals surface area contributed by atoms with Crippen LogP contribution in [0.1, 0.15) is 47.5 Å². The van der Waals surface area contributed by atoms with E-state index in [2.05, 4.69) is 46.8 Å². The second-order valence-corrected chi connectivity index (χ2v) is 4.97. The maximum absolute atomic E-state index is 3.50. The maximum Gasteiger partial charge on any atom is 0.142 e. The van der Waals surface area contributed by atoms with Crippen molar-refractivity contribution >= 4 is 6.71 Å². The Morgan fingerprint density at radius 3 is 2.07 bits per heavy atom.